The van der Waals surface area contributed by atoms with Gasteiger partial charge in [0.2, 0.25) is 0 Å². The first-order valence-corrected chi connectivity index (χ1v) is 8.12. The van der Waals surface area contributed by atoms with Crippen molar-refractivity contribution in [3.8, 4) is 5.75 Å². The van der Waals surface area contributed by atoms with Crippen molar-refractivity contribution in [2.75, 3.05) is 45.2 Å². The molecule has 1 aliphatic heterocycles. The number of hydrogen-bond acceptors (Lipinski definition) is 4. The van der Waals surface area contributed by atoms with Crippen LogP contribution >= 0.6 is 24.0 Å². The number of nitrogens with two attached hydrogens (primary N) is 1. The molecular weight excluding hydrogens is 419 g/mol. The van der Waals surface area contributed by atoms with Gasteiger partial charge in [0.15, 0.2) is 5.96 Å². The van der Waals surface area contributed by atoms with E-state index in [4.69, 9.17) is 15.2 Å². The highest BCUT2D eigenvalue weighted by atomic mass is 127. The number of aliphatic imine (C=N–C) groups is 1. The number of benzene rings is 1. The Morgan fingerprint density at radius 3 is 2.92 bits per heavy atom. The third kappa shape index (κ3) is 6.82. The van der Waals surface area contributed by atoms with E-state index in [-0.39, 0.29) is 30.1 Å². The van der Waals surface area contributed by atoms with Crippen LogP contribution in [0.5, 0.6) is 5.75 Å². The van der Waals surface area contributed by atoms with Crippen LogP contribution in [-0.4, -0.2) is 56.9 Å². The first-order chi connectivity index (χ1) is 11.1. The first kappa shape index (κ1) is 21.0. The number of guanidine groups is 1. The van der Waals surface area contributed by atoms with E-state index in [1.165, 1.54) is 0 Å². The minimum Gasteiger partial charge on any atom is -0.495 e. The highest BCUT2D eigenvalue weighted by Gasteiger charge is 2.20. The molecule has 1 unspecified atom stereocenters. The normalized spacial score (nSPS) is 19.0. The first-order valence-electron chi connectivity index (χ1n) is 8.12. The Hall–Kier alpha value is -1.06. The highest BCUT2D eigenvalue weighted by Crippen LogP contribution is 2.22. The number of rotatable bonds is 6. The molecule has 1 atom stereocenters. The number of anilines is 1. The van der Waals surface area contributed by atoms with E-state index < -0.39 is 0 Å². The molecule has 0 bridgehead atoms. The standard InChI is InChI=1S/C17H28N4O2.HI/c1-13(2)11-21-8-9-23-14(12-21)10-19-17(18)20-15-6-4-5-7-16(15)22-3;/h4-7,13-14H,8-12H2,1-3H3,(H3,18,19,20);1H. The van der Waals surface area contributed by atoms with Crippen LogP contribution in [0.25, 0.3) is 0 Å². The molecule has 0 amide bonds. The maximum absolute atomic E-state index is 5.98. The Kier molecular flexibility index (Phi) is 9.38. The summed E-state index contributed by atoms with van der Waals surface area (Å²) in [5.74, 6) is 1.77. The summed E-state index contributed by atoms with van der Waals surface area (Å²) in [6, 6.07) is 7.62. The van der Waals surface area contributed by atoms with Crippen molar-refractivity contribution in [2.24, 2.45) is 16.6 Å². The third-order valence-corrected chi connectivity index (χ3v) is 3.68. The Labute approximate surface area is 161 Å². The maximum atomic E-state index is 5.98. The van der Waals surface area contributed by atoms with Crippen LogP contribution in [0, 0.1) is 5.92 Å². The van der Waals surface area contributed by atoms with Crippen LogP contribution in [-0.2, 0) is 4.74 Å². The van der Waals surface area contributed by atoms with Crippen LogP contribution in [0.2, 0.25) is 0 Å². The number of nitrogens with zero attached hydrogens (tertiary/aromatic N) is 2. The molecule has 24 heavy (non-hydrogen) atoms. The molecule has 1 heterocycles. The highest BCUT2D eigenvalue weighted by molar-refractivity contribution is 14.0. The van der Waals surface area contributed by atoms with E-state index in [0.717, 1.165) is 37.7 Å². The summed E-state index contributed by atoms with van der Waals surface area (Å²) in [4.78, 5) is 6.84. The minimum absolute atomic E-state index is 0. The summed E-state index contributed by atoms with van der Waals surface area (Å²) >= 11 is 0. The SMILES string of the molecule is COc1ccccc1NC(N)=NCC1CN(CC(C)C)CCO1.I. The van der Waals surface area contributed by atoms with Gasteiger partial charge in [-0.25, -0.2) is 0 Å². The van der Waals surface area contributed by atoms with E-state index in [0.29, 0.717) is 18.4 Å². The second-order valence-electron chi connectivity index (χ2n) is 6.20. The molecule has 1 fully saturated rings. The van der Waals surface area contributed by atoms with Crippen LogP contribution < -0.4 is 15.8 Å². The fraction of sp³-hybridized carbons (Fsp3) is 0.588. The lowest BCUT2D eigenvalue weighted by atomic mass is 10.2. The largest absolute Gasteiger partial charge is 0.495 e. The molecule has 0 saturated carbocycles. The summed E-state index contributed by atoms with van der Waals surface area (Å²) < 4.78 is 11.1. The number of methoxy groups -OCH3 is 1. The lowest BCUT2D eigenvalue weighted by molar-refractivity contribution is -0.0261. The van der Waals surface area contributed by atoms with E-state index >= 15 is 0 Å². The van der Waals surface area contributed by atoms with E-state index in [1.54, 1.807) is 7.11 Å². The monoisotopic (exact) mass is 448 g/mol. The fourth-order valence-electron chi connectivity index (χ4n) is 2.70. The summed E-state index contributed by atoms with van der Waals surface area (Å²) in [5, 5.41) is 3.08. The predicted molar refractivity (Wildman–Crippen MR) is 110 cm³/mol. The zero-order valence-corrected chi connectivity index (χ0v) is 17.0. The number of halogens is 1. The average Bonchev–Trinajstić information content (AvgIpc) is 2.53. The number of para-hydroxylation sites is 2. The van der Waals surface area contributed by atoms with Crippen LogP contribution in [0.4, 0.5) is 5.69 Å². The van der Waals surface area contributed by atoms with Crippen molar-refractivity contribution in [1.29, 1.82) is 0 Å². The van der Waals surface area contributed by atoms with Crippen molar-refractivity contribution in [3.05, 3.63) is 24.3 Å². The molecule has 1 aliphatic rings. The zero-order valence-electron chi connectivity index (χ0n) is 14.7. The van der Waals surface area contributed by atoms with Gasteiger partial charge in [-0.05, 0) is 18.1 Å². The van der Waals surface area contributed by atoms with Crippen molar-refractivity contribution < 1.29 is 9.47 Å². The van der Waals surface area contributed by atoms with Gasteiger partial charge in [0, 0.05) is 19.6 Å². The molecular formula is C17H29IN4O2. The number of morpholine rings is 1. The summed E-state index contributed by atoms with van der Waals surface area (Å²) in [5.41, 5.74) is 6.78. The van der Waals surface area contributed by atoms with Gasteiger partial charge in [0.05, 0.1) is 32.1 Å². The molecule has 0 aliphatic carbocycles. The summed E-state index contributed by atoms with van der Waals surface area (Å²) in [6.45, 7) is 8.78. The summed E-state index contributed by atoms with van der Waals surface area (Å²) in [6.07, 6.45) is 0.0977. The van der Waals surface area contributed by atoms with Gasteiger partial charge in [-0.15, -0.1) is 24.0 Å². The Bertz CT molecular complexity index is 525. The van der Waals surface area contributed by atoms with Gasteiger partial charge in [-0.2, -0.15) is 0 Å². The molecule has 2 rings (SSSR count). The topological polar surface area (TPSA) is 72.1 Å². The van der Waals surface area contributed by atoms with E-state index in [2.05, 4.69) is 29.1 Å². The number of nitrogens with one attached hydrogen (secondary N) is 1. The summed E-state index contributed by atoms with van der Waals surface area (Å²) in [7, 11) is 1.63. The van der Waals surface area contributed by atoms with Crippen LogP contribution in [0.3, 0.4) is 0 Å². The van der Waals surface area contributed by atoms with Crippen LogP contribution in [0.1, 0.15) is 13.8 Å². The van der Waals surface area contributed by atoms with Gasteiger partial charge in [-0.1, -0.05) is 26.0 Å². The molecule has 6 nitrogen and oxygen atoms in total. The average molecular weight is 448 g/mol. The molecule has 0 spiro atoms. The van der Waals surface area contributed by atoms with Gasteiger partial charge < -0.3 is 20.5 Å². The molecule has 1 aromatic carbocycles. The zero-order chi connectivity index (χ0) is 16.7. The number of hydrogen-bond donors (Lipinski definition) is 2. The van der Waals surface area contributed by atoms with Crippen molar-refractivity contribution in [3.63, 3.8) is 0 Å². The van der Waals surface area contributed by atoms with Crippen LogP contribution in [0.15, 0.2) is 29.3 Å². The minimum atomic E-state index is 0. The Morgan fingerprint density at radius 1 is 1.46 bits per heavy atom. The van der Waals surface area contributed by atoms with Crippen molar-refractivity contribution in [1.82, 2.24) is 4.90 Å². The Balaban J connectivity index is 0.00000288. The quantitative estimate of drug-likeness (QED) is 0.397. The second-order valence-corrected chi connectivity index (χ2v) is 6.20. The smallest absolute Gasteiger partial charge is 0.193 e. The second kappa shape index (κ2) is 10.7. The predicted octanol–water partition coefficient (Wildman–Crippen LogP) is 2.40. The Morgan fingerprint density at radius 2 is 2.21 bits per heavy atom. The molecule has 0 aromatic heterocycles. The number of ether oxygens (including phenoxy) is 2. The maximum Gasteiger partial charge on any atom is 0.193 e. The van der Waals surface area contributed by atoms with E-state index in [1.807, 2.05) is 24.3 Å². The molecule has 0 radical (unpaired) electrons. The molecule has 7 heteroatoms. The molecule has 1 aromatic rings. The molecule has 1 saturated heterocycles. The molecule has 136 valence electrons. The van der Waals surface area contributed by atoms with Crippen molar-refractivity contribution in [2.45, 2.75) is 20.0 Å². The van der Waals surface area contributed by atoms with Crippen molar-refractivity contribution >= 4 is 35.6 Å². The van der Waals surface area contributed by atoms with Gasteiger partial charge in [-0.3, -0.25) is 9.89 Å². The lowest BCUT2D eigenvalue weighted by Gasteiger charge is -2.33. The lowest BCUT2D eigenvalue weighted by Crippen LogP contribution is -2.45. The van der Waals surface area contributed by atoms with Gasteiger partial charge >= 0.3 is 0 Å². The van der Waals surface area contributed by atoms with Gasteiger partial charge in [0.1, 0.15) is 5.75 Å². The molecule has 3 N–H and O–H groups in total. The fourth-order valence-corrected chi connectivity index (χ4v) is 2.70. The third-order valence-electron chi connectivity index (χ3n) is 3.68. The van der Waals surface area contributed by atoms with E-state index in [9.17, 15) is 0 Å². The van der Waals surface area contributed by atoms with Gasteiger partial charge in [0.25, 0.3) is 0 Å².